The van der Waals surface area contributed by atoms with E-state index in [9.17, 15) is 43.8 Å². The lowest BCUT2D eigenvalue weighted by atomic mass is 9.97. The van der Waals surface area contributed by atoms with Gasteiger partial charge in [-0.2, -0.15) is 10.2 Å². The number of aliphatic hydroxyl groups excluding tert-OH is 6. The van der Waals surface area contributed by atoms with E-state index in [2.05, 4.69) is 10.2 Å². The minimum absolute atomic E-state index is 0.0444. The highest BCUT2D eigenvalue weighted by atomic mass is 32.2. The summed E-state index contributed by atoms with van der Waals surface area (Å²) in [6.07, 6.45) is -2.50. The summed E-state index contributed by atoms with van der Waals surface area (Å²) in [4.78, 5) is 2.04. The number of thioether (sulfide) groups is 1. The molecule has 3 aliphatic heterocycles. The third kappa shape index (κ3) is 6.26. The SMILES string of the molecule is OCC1O[C@@H](S[C@@H]2O[C@H](CO)C(O)C(n3cc(N4CCOCC4)cn3)[C@H]2O)C(O)[C@@H](n2cc(-c3cc(F)c(F)c(F)c3)cn2)[C@H]1O. The van der Waals surface area contributed by atoms with E-state index >= 15 is 0 Å². The van der Waals surface area contributed by atoms with E-state index in [1.807, 2.05) is 4.90 Å². The van der Waals surface area contributed by atoms with E-state index < -0.39 is 90.2 Å². The maximum absolute atomic E-state index is 13.9. The predicted octanol–water partition coefficient (Wildman–Crippen LogP) is -0.606. The molecule has 0 amide bonds. The van der Waals surface area contributed by atoms with Gasteiger partial charge in [-0.1, -0.05) is 11.8 Å². The van der Waals surface area contributed by atoms with Crippen molar-refractivity contribution in [3.05, 3.63) is 54.4 Å². The Morgan fingerprint density at radius 3 is 1.80 bits per heavy atom. The van der Waals surface area contributed by atoms with Gasteiger partial charge >= 0.3 is 0 Å². The van der Waals surface area contributed by atoms with Crippen molar-refractivity contribution in [2.75, 3.05) is 44.4 Å². The molecule has 3 aliphatic rings. The van der Waals surface area contributed by atoms with Gasteiger partial charge in [0.15, 0.2) is 17.5 Å². The first-order valence-electron chi connectivity index (χ1n) is 14.6. The fraction of sp³-hybridized carbons (Fsp3) is 0.571. The Morgan fingerprint density at radius 2 is 1.26 bits per heavy atom. The number of nitrogens with zero attached hydrogens (tertiary/aromatic N) is 5. The molecule has 3 saturated heterocycles. The maximum atomic E-state index is 13.9. The van der Waals surface area contributed by atoms with Crippen molar-refractivity contribution in [2.45, 2.75) is 59.6 Å². The average Bonchev–Trinajstić information content (AvgIpc) is 3.74. The van der Waals surface area contributed by atoms with Crippen LogP contribution in [0.15, 0.2) is 36.9 Å². The van der Waals surface area contributed by atoms with Crippen molar-refractivity contribution in [1.29, 1.82) is 0 Å². The molecular weight excluding hydrogens is 639 g/mol. The fourth-order valence-electron chi connectivity index (χ4n) is 5.97. The van der Waals surface area contributed by atoms with E-state index in [0.29, 0.717) is 26.3 Å². The molecule has 46 heavy (non-hydrogen) atoms. The highest BCUT2D eigenvalue weighted by molar-refractivity contribution is 8.00. The summed E-state index contributed by atoms with van der Waals surface area (Å²) in [5, 5.41) is 73.3. The molecule has 6 rings (SSSR count). The molecule has 18 heteroatoms. The number of morpholine rings is 1. The van der Waals surface area contributed by atoms with Gasteiger partial charge in [0.25, 0.3) is 0 Å². The van der Waals surface area contributed by atoms with Crippen LogP contribution in [-0.4, -0.2) is 137 Å². The van der Waals surface area contributed by atoms with E-state index in [0.717, 1.165) is 34.3 Å². The summed E-state index contributed by atoms with van der Waals surface area (Å²) < 4.78 is 60.8. The van der Waals surface area contributed by atoms with Gasteiger partial charge in [0.2, 0.25) is 0 Å². The topological polar surface area (TPSA) is 188 Å². The Labute approximate surface area is 264 Å². The fourth-order valence-corrected chi connectivity index (χ4v) is 7.29. The average molecular weight is 674 g/mol. The number of anilines is 1. The van der Waals surface area contributed by atoms with Gasteiger partial charge in [-0.25, -0.2) is 13.2 Å². The van der Waals surface area contributed by atoms with Crippen molar-refractivity contribution in [1.82, 2.24) is 19.6 Å². The molecule has 2 aromatic heterocycles. The lowest BCUT2D eigenvalue weighted by molar-refractivity contribution is -0.188. The molecule has 4 unspecified atom stereocenters. The summed E-state index contributed by atoms with van der Waals surface area (Å²) in [6, 6.07) is -0.775. The van der Waals surface area contributed by atoms with Crippen LogP contribution in [0, 0.1) is 17.5 Å². The third-order valence-electron chi connectivity index (χ3n) is 8.46. The largest absolute Gasteiger partial charge is 0.394 e. The summed E-state index contributed by atoms with van der Waals surface area (Å²) in [6.45, 7) is 1.07. The molecule has 14 nitrogen and oxygen atoms in total. The molecule has 6 N–H and O–H groups in total. The Hall–Kier alpha value is -2.78. The second-order valence-electron chi connectivity index (χ2n) is 11.3. The van der Waals surface area contributed by atoms with Gasteiger partial charge in [0, 0.05) is 31.0 Å². The number of halogens is 3. The molecule has 0 bridgehead atoms. The van der Waals surface area contributed by atoms with Crippen molar-refractivity contribution < 1.29 is 58.0 Å². The first kappa shape index (κ1) is 33.1. The number of aliphatic hydroxyl groups is 6. The van der Waals surface area contributed by atoms with Crippen molar-refractivity contribution >= 4 is 17.4 Å². The van der Waals surface area contributed by atoms with E-state index in [1.54, 1.807) is 12.4 Å². The minimum Gasteiger partial charge on any atom is -0.394 e. The summed E-state index contributed by atoms with van der Waals surface area (Å²) in [5.74, 6) is -4.45. The molecule has 5 heterocycles. The second kappa shape index (κ2) is 13.8. The van der Waals surface area contributed by atoms with Crippen LogP contribution in [0.25, 0.3) is 11.1 Å². The monoisotopic (exact) mass is 673 g/mol. The quantitative estimate of drug-likeness (QED) is 0.167. The first-order chi connectivity index (χ1) is 22.1. The van der Waals surface area contributed by atoms with Crippen LogP contribution in [0.3, 0.4) is 0 Å². The smallest absolute Gasteiger partial charge is 0.194 e. The Bertz CT molecular complexity index is 1470. The standard InChI is InChI=1S/C28H34F3N5O9S/c29-16-5-13(6-17(30)20(16)31)14-7-32-35(9-14)21-23(39)18(11-37)44-27(25(21)41)46-28-26(42)22(24(40)19(12-38)45-28)36-10-15(8-33-36)34-1-3-43-4-2-34/h5-10,18-19,21-28,37-42H,1-4,11-12H2/t18?,19-,21+,22?,23+,24?,25?,26-,27+,28+/m1/s1. The van der Waals surface area contributed by atoms with Gasteiger partial charge in [0.1, 0.15) is 59.6 Å². The summed E-state index contributed by atoms with van der Waals surface area (Å²) in [5.41, 5.74) is -1.60. The molecule has 10 atom stereocenters. The number of hydrogen-bond acceptors (Lipinski definition) is 13. The van der Waals surface area contributed by atoms with Gasteiger partial charge < -0.3 is 49.7 Å². The number of aromatic nitrogens is 4. The zero-order valence-corrected chi connectivity index (χ0v) is 25.0. The summed E-state index contributed by atoms with van der Waals surface area (Å²) >= 11 is 0.802. The zero-order chi connectivity index (χ0) is 32.7. The van der Waals surface area contributed by atoms with Gasteiger partial charge in [-0.15, -0.1) is 0 Å². The van der Waals surface area contributed by atoms with Crippen LogP contribution in [0.4, 0.5) is 18.9 Å². The molecule has 0 aliphatic carbocycles. The molecule has 252 valence electrons. The van der Waals surface area contributed by atoms with E-state index in [-0.39, 0.29) is 11.1 Å². The van der Waals surface area contributed by atoms with Crippen LogP contribution in [0.1, 0.15) is 12.1 Å². The van der Waals surface area contributed by atoms with Crippen LogP contribution >= 0.6 is 11.8 Å². The summed E-state index contributed by atoms with van der Waals surface area (Å²) in [7, 11) is 0. The number of ether oxygens (including phenoxy) is 3. The Kier molecular flexibility index (Phi) is 9.91. The van der Waals surface area contributed by atoms with E-state index in [1.165, 1.54) is 17.1 Å². The highest BCUT2D eigenvalue weighted by Gasteiger charge is 2.51. The third-order valence-corrected chi connectivity index (χ3v) is 9.78. The molecule has 3 fully saturated rings. The molecule has 1 aromatic carbocycles. The maximum Gasteiger partial charge on any atom is 0.194 e. The van der Waals surface area contributed by atoms with Crippen LogP contribution in [0.5, 0.6) is 0 Å². The van der Waals surface area contributed by atoms with E-state index in [4.69, 9.17) is 14.2 Å². The number of rotatable bonds is 8. The zero-order valence-electron chi connectivity index (χ0n) is 24.2. The van der Waals surface area contributed by atoms with Gasteiger partial charge in [0.05, 0.1) is 44.5 Å². The Morgan fingerprint density at radius 1 is 0.739 bits per heavy atom. The van der Waals surface area contributed by atoms with Crippen molar-refractivity contribution in [3.8, 4) is 11.1 Å². The lowest BCUT2D eigenvalue weighted by Gasteiger charge is -2.46. The van der Waals surface area contributed by atoms with Crippen LogP contribution in [-0.2, 0) is 14.2 Å². The van der Waals surface area contributed by atoms with Crippen molar-refractivity contribution in [2.24, 2.45) is 0 Å². The van der Waals surface area contributed by atoms with Crippen LogP contribution < -0.4 is 4.90 Å². The molecular formula is C28H34F3N5O9S. The lowest BCUT2D eigenvalue weighted by Crippen LogP contribution is -2.58. The molecule has 0 spiro atoms. The second-order valence-corrected chi connectivity index (χ2v) is 12.5. The predicted molar refractivity (Wildman–Crippen MR) is 154 cm³/mol. The molecule has 0 radical (unpaired) electrons. The highest BCUT2D eigenvalue weighted by Crippen LogP contribution is 2.42. The van der Waals surface area contributed by atoms with Gasteiger partial charge in [-0.05, 0) is 17.7 Å². The normalized spacial score (nSPS) is 33.8. The molecule has 3 aromatic rings. The number of benzene rings is 1. The molecule has 0 saturated carbocycles. The first-order valence-corrected chi connectivity index (χ1v) is 15.5. The minimum atomic E-state index is -1.63. The Balaban J connectivity index is 1.24. The van der Waals surface area contributed by atoms with Crippen LogP contribution in [0.2, 0.25) is 0 Å². The van der Waals surface area contributed by atoms with Crippen molar-refractivity contribution in [3.63, 3.8) is 0 Å². The number of hydrogen-bond donors (Lipinski definition) is 6. The van der Waals surface area contributed by atoms with Gasteiger partial charge in [-0.3, -0.25) is 9.36 Å².